The van der Waals surface area contributed by atoms with Crippen LogP contribution in [-0.4, -0.2) is 26.7 Å². The van der Waals surface area contributed by atoms with E-state index < -0.39 is 10.8 Å². The normalized spacial score (nSPS) is 12.8. The third-order valence-electron chi connectivity index (χ3n) is 1.40. The van der Waals surface area contributed by atoms with Crippen LogP contribution in [0, 0.1) is 0 Å². The first-order valence-electron chi connectivity index (χ1n) is 3.74. The van der Waals surface area contributed by atoms with Crippen LogP contribution in [0.25, 0.3) is 0 Å². The molecular formula is C8H11NO2S. The predicted octanol–water partition coefficient (Wildman–Crippen LogP) is 0.572. The van der Waals surface area contributed by atoms with Gasteiger partial charge < -0.3 is 5.11 Å². The van der Waals surface area contributed by atoms with E-state index in [1.54, 1.807) is 24.5 Å². The zero-order valence-electron chi connectivity index (χ0n) is 6.64. The fourth-order valence-electron chi connectivity index (χ4n) is 0.804. The summed E-state index contributed by atoms with van der Waals surface area (Å²) >= 11 is 0. The maximum Gasteiger partial charge on any atom is 0.0531 e. The highest BCUT2D eigenvalue weighted by Crippen LogP contribution is 2.04. The standard InChI is InChI=1S/C8H11NO2S/c10-6-1-7-12(11)8-2-4-9-5-3-8/h2-5,10H,1,6-7H2. The summed E-state index contributed by atoms with van der Waals surface area (Å²) in [5, 5.41) is 8.52. The van der Waals surface area contributed by atoms with E-state index >= 15 is 0 Å². The van der Waals surface area contributed by atoms with Crippen molar-refractivity contribution in [2.45, 2.75) is 11.3 Å². The number of rotatable bonds is 4. The molecule has 0 amide bonds. The van der Waals surface area contributed by atoms with Gasteiger partial charge in [-0.1, -0.05) is 0 Å². The minimum Gasteiger partial charge on any atom is -0.396 e. The number of pyridine rings is 1. The minimum absolute atomic E-state index is 0.0941. The fraction of sp³-hybridized carbons (Fsp3) is 0.375. The van der Waals surface area contributed by atoms with Gasteiger partial charge in [0.25, 0.3) is 0 Å². The monoisotopic (exact) mass is 185 g/mol. The van der Waals surface area contributed by atoms with Crippen LogP contribution in [-0.2, 0) is 10.8 Å². The zero-order valence-corrected chi connectivity index (χ0v) is 7.46. The number of hydrogen-bond donors (Lipinski definition) is 1. The molecule has 1 unspecified atom stereocenters. The molecule has 0 aliphatic heterocycles. The van der Waals surface area contributed by atoms with Crippen molar-refractivity contribution in [1.82, 2.24) is 4.98 Å². The van der Waals surface area contributed by atoms with Crippen molar-refractivity contribution in [2.75, 3.05) is 12.4 Å². The molecule has 0 aliphatic carbocycles. The van der Waals surface area contributed by atoms with Gasteiger partial charge in [0.05, 0.1) is 10.8 Å². The summed E-state index contributed by atoms with van der Waals surface area (Å²) in [6, 6.07) is 3.46. The molecule has 0 radical (unpaired) electrons. The van der Waals surface area contributed by atoms with Crippen molar-refractivity contribution in [3.8, 4) is 0 Å². The Kier molecular flexibility index (Phi) is 3.90. The van der Waals surface area contributed by atoms with Gasteiger partial charge >= 0.3 is 0 Å². The Labute approximate surface area is 73.9 Å². The molecule has 0 saturated heterocycles. The summed E-state index contributed by atoms with van der Waals surface area (Å²) in [4.78, 5) is 4.60. The average Bonchev–Trinajstić information content (AvgIpc) is 2.15. The summed E-state index contributed by atoms with van der Waals surface area (Å²) < 4.78 is 11.4. The van der Waals surface area contributed by atoms with Crippen molar-refractivity contribution >= 4 is 10.8 Å². The van der Waals surface area contributed by atoms with E-state index in [1.807, 2.05) is 0 Å². The number of aliphatic hydroxyl groups excluding tert-OH is 1. The van der Waals surface area contributed by atoms with E-state index in [4.69, 9.17) is 5.11 Å². The Hall–Kier alpha value is -0.740. The second-order valence-corrected chi connectivity index (χ2v) is 3.88. The minimum atomic E-state index is -0.983. The van der Waals surface area contributed by atoms with E-state index in [0.29, 0.717) is 12.2 Å². The van der Waals surface area contributed by atoms with E-state index in [2.05, 4.69) is 4.98 Å². The lowest BCUT2D eigenvalue weighted by atomic mass is 10.5. The van der Waals surface area contributed by atoms with E-state index in [9.17, 15) is 4.21 Å². The second-order valence-electron chi connectivity index (χ2n) is 2.31. The van der Waals surface area contributed by atoms with E-state index in [1.165, 1.54) is 0 Å². The van der Waals surface area contributed by atoms with Crippen molar-refractivity contribution in [1.29, 1.82) is 0 Å². The maximum atomic E-state index is 11.4. The molecule has 0 bridgehead atoms. The largest absolute Gasteiger partial charge is 0.396 e. The molecule has 66 valence electrons. The van der Waals surface area contributed by atoms with Gasteiger partial charge in [-0.3, -0.25) is 9.19 Å². The molecule has 1 rings (SSSR count). The van der Waals surface area contributed by atoms with Crippen LogP contribution in [0.4, 0.5) is 0 Å². The van der Waals surface area contributed by atoms with Gasteiger partial charge in [0.1, 0.15) is 0 Å². The lowest BCUT2D eigenvalue weighted by molar-refractivity contribution is 0.296. The van der Waals surface area contributed by atoms with Crippen LogP contribution in [0.2, 0.25) is 0 Å². The van der Waals surface area contributed by atoms with Gasteiger partial charge in [-0.15, -0.1) is 0 Å². The Bertz CT molecular complexity index is 250. The lowest BCUT2D eigenvalue weighted by Crippen LogP contribution is -2.00. The lowest BCUT2D eigenvalue weighted by Gasteiger charge is -1.98. The summed E-state index contributed by atoms with van der Waals surface area (Å²) in [5.74, 6) is 0.514. The first kappa shape index (κ1) is 9.35. The highest BCUT2D eigenvalue weighted by atomic mass is 32.2. The molecule has 1 N–H and O–H groups in total. The van der Waals surface area contributed by atoms with Crippen LogP contribution in [0.3, 0.4) is 0 Å². The zero-order chi connectivity index (χ0) is 8.81. The third-order valence-corrected chi connectivity index (χ3v) is 2.86. The van der Waals surface area contributed by atoms with Gasteiger partial charge in [0.2, 0.25) is 0 Å². The van der Waals surface area contributed by atoms with Crippen LogP contribution in [0.1, 0.15) is 6.42 Å². The molecule has 0 saturated carbocycles. The molecular weight excluding hydrogens is 174 g/mol. The number of hydrogen-bond acceptors (Lipinski definition) is 3. The Morgan fingerprint density at radius 1 is 1.42 bits per heavy atom. The molecule has 4 heteroatoms. The number of aromatic nitrogens is 1. The molecule has 0 spiro atoms. The van der Waals surface area contributed by atoms with Gasteiger partial charge in [0, 0.05) is 29.6 Å². The fourth-order valence-corrected chi connectivity index (χ4v) is 1.86. The number of nitrogens with zero attached hydrogens (tertiary/aromatic N) is 1. The molecule has 0 fully saturated rings. The molecule has 3 nitrogen and oxygen atoms in total. The topological polar surface area (TPSA) is 50.2 Å². The van der Waals surface area contributed by atoms with Crippen LogP contribution in [0.15, 0.2) is 29.4 Å². The molecule has 0 aliphatic rings. The van der Waals surface area contributed by atoms with Crippen molar-refractivity contribution < 1.29 is 9.32 Å². The van der Waals surface area contributed by atoms with Gasteiger partial charge in [0.15, 0.2) is 0 Å². The summed E-state index contributed by atoms with van der Waals surface area (Å²) in [6.07, 6.45) is 3.81. The van der Waals surface area contributed by atoms with Crippen LogP contribution < -0.4 is 0 Å². The van der Waals surface area contributed by atoms with Crippen molar-refractivity contribution in [3.05, 3.63) is 24.5 Å². The molecule has 0 aromatic carbocycles. The highest BCUT2D eigenvalue weighted by molar-refractivity contribution is 7.85. The molecule has 1 aromatic heterocycles. The molecule has 1 heterocycles. The smallest absolute Gasteiger partial charge is 0.0531 e. The Morgan fingerprint density at radius 3 is 2.67 bits per heavy atom. The van der Waals surface area contributed by atoms with Crippen molar-refractivity contribution in [2.24, 2.45) is 0 Å². The van der Waals surface area contributed by atoms with Crippen molar-refractivity contribution in [3.63, 3.8) is 0 Å². The summed E-state index contributed by atoms with van der Waals surface area (Å²) in [7, 11) is -0.983. The van der Waals surface area contributed by atoms with E-state index in [-0.39, 0.29) is 6.61 Å². The maximum absolute atomic E-state index is 11.4. The van der Waals surface area contributed by atoms with Gasteiger partial charge in [-0.05, 0) is 18.6 Å². The van der Waals surface area contributed by atoms with Gasteiger partial charge in [-0.25, -0.2) is 0 Å². The van der Waals surface area contributed by atoms with E-state index in [0.717, 1.165) is 4.90 Å². The predicted molar refractivity (Wildman–Crippen MR) is 47.2 cm³/mol. The van der Waals surface area contributed by atoms with Gasteiger partial charge in [-0.2, -0.15) is 0 Å². The molecule has 1 aromatic rings. The Morgan fingerprint density at radius 2 is 2.08 bits per heavy atom. The second kappa shape index (κ2) is 5.00. The Balaban J connectivity index is 2.54. The van der Waals surface area contributed by atoms with Crippen LogP contribution >= 0.6 is 0 Å². The van der Waals surface area contributed by atoms with Crippen LogP contribution in [0.5, 0.6) is 0 Å². The SMILES string of the molecule is O=S(CCCO)c1ccncc1. The molecule has 1 atom stereocenters. The molecule has 12 heavy (non-hydrogen) atoms. The summed E-state index contributed by atoms with van der Waals surface area (Å²) in [6.45, 7) is 0.0941. The average molecular weight is 185 g/mol. The highest BCUT2D eigenvalue weighted by Gasteiger charge is 2.00. The first-order chi connectivity index (χ1) is 5.84. The quantitative estimate of drug-likeness (QED) is 0.746. The summed E-state index contributed by atoms with van der Waals surface area (Å²) in [5.41, 5.74) is 0. The first-order valence-corrected chi connectivity index (χ1v) is 5.06. The third kappa shape index (κ3) is 2.71. The number of aliphatic hydroxyl groups is 1.